The lowest BCUT2D eigenvalue weighted by molar-refractivity contribution is 0.560. The molecule has 0 fully saturated rings. The van der Waals surface area contributed by atoms with E-state index in [4.69, 9.17) is 8.83 Å². The van der Waals surface area contributed by atoms with Gasteiger partial charge in [0, 0.05) is 5.56 Å². The Morgan fingerprint density at radius 3 is 2.83 bits per heavy atom. The molecular formula is C10H8O2. The standard InChI is InChI=1S/C10H8O2/c1-2-8-5-10(12-6-8)9-3-4-11-7-9/h2-7H,1H2. The number of hydrogen-bond acceptors (Lipinski definition) is 2. The molecule has 0 unspecified atom stereocenters. The fourth-order valence-electron chi connectivity index (χ4n) is 1.01. The van der Waals surface area contributed by atoms with Gasteiger partial charge in [0.05, 0.1) is 18.1 Å². The second-order valence-corrected chi connectivity index (χ2v) is 2.46. The van der Waals surface area contributed by atoms with Crippen LogP contribution in [-0.4, -0.2) is 0 Å². The molecule has 60 valence electrons. The molecule has 0 atom stereocenters. The zero-order valence-corrected chi connectivity index (χ0v) is 6.49. The van der Waals surface area contributed by atoms with Gasteiger partial charge >= 0.3 is 0 Å². The lowest BCUT2D eigenvalue weighted by Gasteiger charge is -1.84. The van der Waals surface area contributed by atoms with Crippen molar-refractivity contribution in [3.05, 3.63) is 43.1 Å². The van der Waals surface area contributed by atoms with Crippen LogP contribution in [0.15, 0.2) is 46.3 Å². The topological polar surface area (TPSA) is 26.3 Å². The zero-order valence-electron chi connectivity index (χ0n) is 6.49. The Hall–Kier alpha value is -1.70. The maximum atomic E-state index is 5.27. The highest BCUT2D eigenvalue weighted by Gasteiger charge is 2.02. The van der Waals surface area contributed by atoms with Gasteiger partial charge in [0.15, 0.2) is 0 Å². The number of rotatable bonds is 2. The summed E-state index contributed by atoms with van der Waals surface area (Å²) < 4.78 is 10.2. The van der Waals surface area contributed by atoms with Gasteiger partial charge in [0.25, 0.3) is 0 Å². The SMILES string of the molecule is C=Cc1coc(-c2ccoc2)c1. The average molecular weight is 160 g/mol. The second-order valence-electron chi connectivity index (χ2n) is 2.46. The first-order valence-electron chi connectivity index (χ1n) is 3.63. The molecule has 0 saturated heterocycles. The fraction of sp³-hybridized carbons (Fsp3) is 0. The molecule has 0 bridgehead atoms. The van der Waals surface area contributed by atoms with E-state index in [0.717, 1.165) is 16.9 Å². The lowest BCUT2D eigenvalue weighted by atomic mass is 10.2. The van der Waals surface area contributed by atoms with E-state index >= 15 is 0 Å². The summed E-state index contributed by atoms with van der Waals surface area (Å²) in [6, 6.07) is 3.77. The van der Waals surface area contributed by atoms with Crippen molar-refractivity contribution in [2.75, 3.05) is 0 Å². The first-order chi connectivity index (χ1) is 5.90. The minimum Gasteiger partial charge on any atom is -0.472 e. The molecule has 0 spiro atoms. The molecular weight excluding hydrogens is 152 g/mol. The van der Waals surface area contributed by atoms with E-state index in [0.29, 0.717) is 0 Å². The monoisotopic (exact) mass is 160 g/mol. The number of furan rings is 2. The Kier molecular flexibility index (Phi) is 1.59. The van der Waals surface area contributed by atoms with Crippen molar-refractivity contribution < 1.29 is 8.83 Å². The molecule has 2 nitrogen and oxygen atoms in total. The van der Waals surface area contributed by atoms with Gasteiger partial charge in [-0.25, -0.2) is 0 Å². The summed E-state index contributed by atoms with van der Waals surface area (Å²) in [4.78, 5) is 0. The highest BCUT2D eigenvalue weighted by molar-refractivity contribution is 5.60. The van der Waals surface area contributed by atoms with Gasteiger partial charge in [0.1, 0.15) is 12.0 Å². The Balaban J connectivity index is 2.41. The van der Waals surface area contributed by atoms with Crippen LogP contribution >= 0.6 is 0 Å². The van der Waals surface area contributed by atoms with E-state index in [2.05, 4.69) is 6.58 Å². The van der Waals surface area contributed by atoms with Crippen molar-refractivity contribution in [2.45, 2.75) is 0 Å². The molecule has 0 aliphatic heterocycles. The van der Waals surface area contributed by atoms with Gasteiger partial charge in [-0.2, -0.15) is 0 Å². The Labute approximate surface area is 70.1 Å². The van der Waals surface area contributed by atoms with Crippen LogP contribution in [0.4, 0.5) is 0 Å². The third-order valence-corrected chi connectivity index (χ3v) is 1.66. The predicted molar refractivity (Wildman–Crippen MR) is 46.5 cm³/mol. The molecule has 12 heavy (non-hydrogen) atoms. The van der Waals surface area contributed by atoms with E-state index in [-0.39, 0.29) is 0 Å². The van der Waals surface area contributed by atoms with Gasteiger partial charge in [-0.05, 0) is 12.1 Å². The van der Waals surface area contributed by atoms with E-state index in [1.165, 1.54) is 0 Å². The van der Waals surface area contributed by atoms with E-state index in [9.17, 15) is 0 Å². The van der Waals surface area contributed by atoms with Gasteiger partial charge in [-0.3, -0.25) is 0 Å². The van der Waals surface area contributed by atoms with Gasteiger partial charge in [0.2, 0.25) is 0 Å². The molecule has 2 heteroatoms. The van der Waals surface area contributed by atoms with Crippen molar-refractivity contribution in [2.24, 2.45) is 0 Å². The van der Waals surface area contributed by atoms with Gasteiger partial charge in [-0.1, -0.05) is 12.7 Å². The molecule has 2 rings (SSSR count). The summed E-state index contributed by atoms with van der Waals surface area (Å²) in [5.74, 6) is 0.804. The van der Waals surface area contributed by atoms with E-state index in [1.54, 1.807) is 24.9 Å². The van der Waals surface area contributed by atoms with Crippen LogP contribution in [0.2, 0.25) is 0 Å². The summed E-state index contributed by atoms with van der Waals surface area (Å²) in [6.07, 6.45) is 6.67. The normalized spacial score (nSPS) is 10.0. The minimum absolute atomic E-state index is 0.804. The third-order valence-electron chi connectivity index (χ3n) is 1.66. The smallest absolute Gasteiger partial charge is 0.137 e. The molecule has 0 amide bonds. The molecule has 0 N–H and O–H groups in total. The van der Waals surface area contributed by atoms with Crippen LogP contribution in [-0.2, 0) is 0 Å². The summed E-state index contributed by atoms with van der Waals surface area (Å²) in [6.45, 7) is 3.64. The third kappa shape index (κ3) is 1.07. The lowest BCUT2D eigenvalue weighted by Crippen LogP contribution is -1.63. The maximum absolute atomic E-state index is 5.27. The highest BCUT2D eigenvalue weighted by atomic mass is 16.3. The van der Waals surface area contributed by atoms with Crippen molar-refractivity contribution in [3.8, 4) is 11.3 Å². The first-order valence-corrected chi connectivity index (χ1v) is 3.63. The Morgan fingerprint density at radius 2 is 2.25 bits per heavy atom. The Morgan fingerprint density at radius 1 is 1.33 bits per heavy atom. The summed E-state index contributed by atoms with van der Waals surface area (Å²) in [5, 5.41) is 0. The first kappa shape index (κ1) is 6.98. The van der Waals surface area contributed by atoms with Crippen LogP contribution in [0, 0.1) is 0 Å². The van der Waals surface area contributed by atoms with Gasteiger partial charge in [-0.15, -0.1) is 0 Å². The highest BCUT2D eigenvalue weighted by Crippen LogP contribution is 2.22. The van der Waals surface area contributed by atoms with Crippen LogP contribution in [0.25, 0.3) is 17.4 Å². The largest absolute Gasteiger partial charge is 0.472 e. The predicted octanol–water partition coefficient (Wildman–Crippen LogP) is 3.18. The van der Waals surface area contributed by atoms with Crippen LogP contribution in [0.1, 0.15) is 5.56 Å². The Bertz CT molecular complexity index is 368. The maximum Gasteiger partial charge on any atom is 0.137 e. The minimum atomic E-state index is 0.804. The molecule has 0 aliphatic carbocycles. The summed E-state index contributed by atoms with van der Waals surface area (Å²) in [7, 11) is 0. The summed E-state index contributed by atoms with van der Waals surface area (Å²) >= 11 is 0. The molecule has 2 aromatic rings. The molecule has 0 radical (unpaired) electrons. The van der Waals surface area contributed by atoms with Crippen molar-refractivity contribution >= 4 is 6.08 Å². The second kappa shape index (κ2) is 2.74. The average Bonchev–Trinajstić information content (AvgIpc) is 2.75. The molecule has 0 saturated carbocycles. The zero-order chi connectivity index (χ0) is 8.39. The van der Waals surface area contributed by atoms with Crippen LogP contribution in [0.5, 0.6) is 0 Å². The van der Waals surface area contributed by atoms with E-state index in [1.807, 2.05) is 12.1 Å². The van der Waals surface area contributed by atoms with Crippen molar-refractivity contribution in [3.63, 3.8) is 0 Å². The van der Waals surface area contributed by atoms with E-state index < -0.39 is 0 Å². The van der Waals surface area contributed by atoms with Crippen LogP contribution < -0.4 is 0 Å². The fourth-order valence-corrected chi connectivity index (χ4v) is 1.01. The summed E-state index contributed by atoms with van der Waals surface area (Å²) in [5.41, 5.74) is 1.93. The molecule has 2 heterocycles. The molecule has 0 aromatic carbocycles. The number of hydrogen-bond donors (Lipinski definition) is 0. The molecule has 2 aromatic heterocycles. The quantitative estimate of drug-likeness (QED) is 0.674. The molecule has 0 aliphatic rings. The van der Waals surface area contributed by atoms with Crippen molar-refractivity contribution in [1.29, 1.82) is 0 Å². The van der Waals surface area contributed by atoms with Crippen molar-refractivity contribution in [1.82, 2.24) is 0 Å². The van der Waals surface area contributed by atoms with Crippen LogP contribution in [0.3, 0.4) is 0 Å². The van der Waals surface area contributed by atoms with Gasteiger partial charge < -0.3 is 8.83 Å².